The summed E-state index contributed by atoms with van der Waals surface area (Å²) in [7, 11) is 0. The van der Waals surface area contributed by atoms with E-state index >= 15 is 0 Å². The van der Waals surface area contributed by atoms with Crippen LogP contribution in [-0.2, 0) is 6.42 Å². The van der Waals surface area contributed by atoms with Crippen LogP contribution in [0.5, 0.6) is 0 Å². The second kappa shape index (κ2) is 6.26. The van der Waals surface area contributed by atoms with Crippen molar-refractivity contribution in [3.8, 4) is 0 Å². The summed E-state index contributed by atoms with van der Waals surface area (Å²) in [6.45, 7) is 3.91. The molecule has 0 spiro atoms. The van der Waals surface area contributed by atoms with Gasteiger partial charge >= 0.3 is 0 Å². The molecule has 0 fully saturated rings. The predicted molar refractivity (Wildman–Crippen MR) is 75.9 cm³/mol. The van der Waals surface area contributed by atoms with E-state index in [1.807, 2.05) is 26.0 Å². The first-order chi connectivity index (χ1) is 9.11. The summed E-state index contributed by atoms with van der Waals surface area (Å²) in [6.07, 6.45) is 3.04. The third-order valence-electron chi connectivity index (χ3n) is 3.10. The first-order valence-electron chi connectivity index (χ1n) is 6.36. The summed E-state index contributed by atoms with van der Waals surface area (Å²) in [6, 6.07) is 7.03. The second-order valence-corrected chi connectivity index (χ2v) is 5.62. The van der Waals surface area contributed by atoms with Gasteiger partial charge in [0, 0.05) is 16.5 Å². The van der Waals surface area contributed by atoms with E-state index in [-0.39, 0.29) is 11.9 Å². The number of hydrogen-bond acceptors (Lipinski definition) is 3. The van der Waals surface area contributed by atoms with Crippen molar-refractivity contribution >= 4 is 11.8 Å². The fourth-order valence-corrected chi connectivity index (χ4v) is 2.84. The molecule has 0 bridgehead atoms. The lowest BCUT2D eigenvalue weighted by Gasteiger charge is -2.13. The van der Waals surface area contributed by atoms with Gasteiger partial charge in [0.1, 0.15) is 11.6 Å². The standard InChI is InChI=1S/C15H18FNOS/c1-3-11(17)9-12-13(16)5-4-6-15(12)19-14-7-8-18-10(14)2/h4-8,11H,3,9,17H2,1-2H3. The molecule has 1 aromatic heterocycles. The average molecular weight is 279 g/mol. The Labute approximate surface area is 117 Å². The Morgan fingerprint density at radius 3 is 2.74 bits per heavy atom. The fraction of sp³-hybridized carbons (Fsp3) is 0.333. The van der Waals surface area contributed by atoms with Gasteiger partial charge in [-0.05, 0) is 38.0 Å². The van der Waals surface area contributed by atoms with Crippen molar-refractivity contribution < 1.29 is 8.81 Å². The van der Waals surface area contributed by atoms with Crippen LogP contribution in [0.2, 0.25) is 0 Å². The Morgan fingerprint density at radius 1 is 1.32 bits per heavy atom. The van der Waals surface area contributed by atoms with E-state index < -0.39 is 0 Å². The molecular formula is C15H18FNOS. The number of rotatable bonds is 5. The molecule has 1 unspecified atom stereocenters. The van der Waals surface area contributed by atoms with Gasteiger partial charge in [-0.25, -0.2) is 4.39 Å². The highest BCUT2D eigenvalue weighted by Crippen LogP contribution is 2.34. The summed E-state index contributed by atoms with van der Waals surface area (Å²) >= 11 is 1.52. The Balaban J connectivity index is 2.29. The molecule has 0 saturated heterocycles. The maximum absolute atomic E-state index is 14.0. The zero-order valence-corrected chi connectivity index (χ0v) is 12.0. The van der Waals surface area contributed by atoms with E-state index in [0.717, 1.165) is 22.0 Å². The minimum Gasteiger partial charge on any atom is -0.468 e. The molecule has 1 aromatic carbocycles. The third-order valence-corrected chi connectivity index (χ3v) is 4.34. The van der Waals surface area contributed by atoms with Crippen molar-refractivity contribution in [2.45, 2.75) is 42.5 Å². The van der Waals surface area contributed by atoms with E-state index in [1.54, 1.807) is 12.3 Å². The number of nitrogens with two attached hydrogens (primary N) is 1. The van der Waals surface area contributed by atoms with Crippen LogP contribution < -0.4 is 5.73 Å². The number of hydrogen-bond donors (Lipinski definition) is 1. The van der Waals surface area contributed by atoms with E-state index in [9.17, 15) is 4.39 Å². The molecule has 2 aromatic rings. The van der Waals surface area contributed by atoms with E-state index in [2.05, 4.69) is 0 Å². The zero-order chi connectivity index (χ0) is 13.8. The molecule has 0 saturated carbocycles. The smallest absolute Gasteiger partial charge is 0.127 e. The topological polar surface area (TPSA) is 39.2 Å². The molecule has 1 heterocycles. The van der Waals surface area contributed by atoms with Crippen LogP contribution in [0.1, 0.15) is 24.7 Å². The van der Waals surface area contributed by atoms with Gasteiger partial charge in [-0.3, -0.25) is 0 Å². The summed E-state index contributed by atoms with van der Waals surface area (Å²) < 4.78 is 19.3. The number of benzene rings is 1. The first-order valence-corrected chi connectivity index (χ1v) is 7.18. The van der Waals surface area contributed by atoms with Crippen molar-refractivity contribution in [3.05, 3.63) is 47.7 Å². The van der Waals surface area contributed by atoms with Gasteiger partial charge in [-0.15, -0.1) is 0 Å². The molecule has 2 rings (SSSR count). The van der Waals surface area contributed by atoms with Crippen molar-refractivity contribution in [3.63, 3.8) is 0 Å². The van der Waals surface area contributed by atoms with Crippen LogP contribution in [-0.4, -0.2) is 6.04 Å². The van der Waals surface area contributed by atoms with Crippen molar-refractivity contribution in [2.24, 2.45) is 5.73 Å². The molecule has 0 aliphatic carbocycles. The second-order valence-electron chi connectivity index (χ2n) is 4.53. The normalized spacial score (nSPS) is 12.6. The predicted octanol–water partition coefficient (Wildman–Crippen LogP) is 4.16. The first kappa shape index (κ1) is 14.2. The van der Waals surface area contributed by atoms with Crippen molar-refractivity contribution in [2.75, 3.05) is 0 Å². The molecular weight excluding hydrogens is 261 g/mol. The summed E-state index contributed by atoms with van der Waals surface area (Å²) in [4.78, 5) is 1.92. The average Bonchev–Trinajstić information content (AvgIpc) is 2.79. The lowest BCUT2D eigenvalue weighted by Crippen LogP contribution is -2.22. The Bertz CT molecular complexity index is 553. The minimum atomic E-state index is -0.185. The maximum Gasteiger partial charge on any atom is 0.127 e. The Hall–Kier alpha value is -1.26. The van der Waals surface area contributed by atoms with Crippen molar-refractivity contribution in [1.29, 1.82) is 0 Å². The van der Waals surface area contributed by atoms with Crippen LogP contribution >= 0.6 is 11.8 Å². The zero-order valence-electron chi connectivity index (χ0n) is 11.2. The number of furan rings is 1. The molecule has 102 valence electrons. The molecule has 19 heavy (non-hydrogen) atoms. The number of aryl methyl sites for hydroxylation is 1. The van der Waals surface area contributed by atoms with Crippen LogP contribution in [0.4, 0.5) is 4.39 Å². The molecule has 0 aliphatic rings. The summed E-state index contributed by atoms with van der Waals surface area (Å²) in [5.41, 5.74) is 6.65. The molecule has 1 atom stereocenters. The highest BCUT2D eigenvalue weighted by Gasteiger charge is 2.14. The van der Waals surface area contributed by atoms with Gasteiger partial charge in [0.2, 0.25) is 0 Å². The van der Waals surface area contributed by atoms with E-state index in [0.29, 0.717) is 12.0 Å². The van der Waals surface area contributed by atoms with Crippen molar-refractivity contribution in [1.82, 2.24) is 0 Å². The molecule has 0 amide bonds. The fourth-order valence-electron chi connectivity index (χ4n) is 1.84. The highest BCUT2D eigenvalue weighted by molar-refractivity contribution is 7.99. The Kier molecular flexibility index (Phi) is 4.66. The number of halogens is 1. The van der Waals surface area contributed by atoms with E-state index in [1.165, 1.54) is 17.8 Å². The molecule has 2 nitrogen and oxygen atoms in total. The van der Waals surface area contributed by atoms with Gasteiger partial charge in [0.25, 0.3) is 0 Å². The molecule has 4 heteroatoms. The largest absolute Gasteiger partial charge is 0.468 e. The summed E-state index contributed by atoms with van der Waals surface area (Å²) in [5, 5.41) is 0. The van der Waals surface area contributed by atoms with Gasteiger partial charge in [0.15, 0.2) is 0 Å². The lowest BCUT2D eigenvalue weighted by atomic mass is 10.0. The SMILES string of the molecule is CCC(N)Cc1c(F)cccc1Sc1ccoc1C. The van der Waals surface area contributed by atoms with Crippen LogP contribution in [0, 0.1) is 12.7 Å². The van der Waals surface area contributed by atoms with Crippen LogP contribution in [0.15, 0.2) is 44.7 Å². The Morgan fingerprint density at radius 2 is 2.11 bits per heavy atom. The van der Waals surface area contributed by atoms with Gasteiger partial charge in [0.05, 0.1) is 11.2 Å². The third kappa shape index (κ3) is 3.39. The van der Waals surface area contributed by atoms with Gasteiger partial charge < -0.3 is 10.2 Å². The summed E-state index contributed by atoms with van der Waals surface area (Å²) in [5.74, 6) is 0.662. The molecule has 0 aliphatic heterocycles. The molecule has 2 N–H and O–H groups in total. The van der Waals surface area contributed by atoms with Crippen LogP contribution in [0.3, 0.4) is 0 Å². The van der Waals surface area contributed by atoms with Crippen LogP contribution in [0.25, 0.3) is 0 Å². The minimum absolute atomic E-state index is 0.0123. The van der Waals surface area contributed by atoms with Gasteiger partial charge in [-0.1, -0.05) is 24.8 Å². The lowest BCUT2D eigenvalue weighted by molar-refractivity contribution is 0.527. The quantitative estimate of drug-likeness (QED) is 0.893. The van der Waals surface area contributed by atoms with E-state index in [4.69, 9.17) is 10.2 Å². The van der Waals surface area contributed by atoms with Gasteiger partial charge in [-0.2, -0.15) is 0 Å². The highest BCUT2D eigenvalue weighted by atomic mass is 32.2. The maximum atomic E-state index is 14.0. The molecule has 0 radical (unpaired) electrons. The monoisotopic (exact) mass is 279 g/mol.